The highest BCUT2D eigenvalue weighted by atomic mass is 16.5. The molecule has 26 heavy (non-hydrogen) atoms. The lowest BCUT2D eigenvalue weighted by atomic mass is 9.73. The molecule has 0 aromatic carbocycles. The van der Waals surface area contributed by atoms with E-state index in [1.54, 1.807) is 6.08 Å². The van der Waals surface area contributed by atoms with Gasteiger partial charge in [0.25, 0.3) is 0 Å². The molecule has 4 heterocycles. The van der Waals surface area contributed by atoms with Gasteiger partial charge in [0, 0.05) is 56.3 Å². The van der Waals surface area contributed by atoms with Crippen LogP contribution in [0.5, 0.6) is 0 Å². The number of likely N-dealkylation sites (tertiary alicyclic amines) is 1. The molecule has 1 amide bonds. The fraction of sp³-hybridized carbons (Fsp3) is 0.700. The Morgan fingerprint density at radius 3 is 3.19 bits per heavy atom. The summed E-state index contributed by atoms with van der Waals surface area (Å²) in [5.41, 5.74) is 1.24. The summed E-state index contributed by atoms with van der Waals surface area (Å²) < 4.78 is 8.54. The number of allylic oxidation sites excluding steroid dienone is 1. The van der Waals surface area contributed by atoms with E-state index in [9.17, 15) is 4.79 Å². The monoisotopic (exact) mass is 358 g/mol. The van der Waals surface area contributed by atoms with Crippen LogP contribution in [0.4, 0.5) is 0 Å². The molecule has 142 valence electrons. The van der Waals surface area contributed by atoms with Crippen LogP contribution in [0.25, 0.3) is 0 Å². The van der Waals surface area contributed by atoms with Crippen LogP contribution in [-0.2, 0) is 16.1 Å². The van der Waals surface area contributed by atoms with Gasteiger partial charge in [-0.05, 0) is 32.3 Å². The van der Waals surface area contributed by atoms with E-state index >= 15 is 0 Å². The lowest BCUT2D eigenvalue weighted by Crippen LogP contribution is -2.41. The van der Waals surface area contributed by atoms with E-state index in [1.807, 2.05) is 12.3 Å². The van der Waals surface area contributed by atoms with E-state index < -0.39 is 0 Å². The summed E-state index contributed by atoms with van der Waals surface area (Å²) in [6.45, 7) is 10.6. The van der Waals surface area contributed by atoms with Gasteiger partial charge in [0.2, 0.25) is 5.91 Å². The Morgan fingerprint density at radius 1 is 1.54 bits per heavy atom. The summed E-state index contributed by atoms with van der Waals surface area (Å²) in [4.78, 5) is 14.5. The van der Waals surface area contributed by atoms with Gasteiger partial charge in [-0.25, -0.2) is 0 Å². The Balaban J connectivity index is 1.33. The molecular weight excluding hydrogens is 328 g/mol. The van der Waals surface area contributed by atoms with Crippen LogP contribution in [0, 0.1) is 18.8 Å². The number of ether oxygens (including phenoxy) is 1. The molecule has 0 aliphatic carbocycles. The summed E-state index contributed by atoms with van der Waals surface area (Å²) in [6, 6.07) is 2.05. The third-order valence-electron chi connectivity index (χ3n) is 6.52. The number of amides is 1. The van der Waals surface area contributed by atoms with Crippen molar-refractivity contribution in [2.75, 3.05) is 26.2 Å². The van der Waals surface area contributed by atoms with Crippen LogP contribution in [0.1, 0.15) is 31.4 Å². The minimum Gasteiger partial charge on any atom is -0.370 e. The van der Waals surface area contributed by atoms with E-state index in [-0.39, 0.29) is 11.5 Å². The van der Waals surface area contributed by atoms with E-state index in [4.69, 9.17) is 4.74 Å². The molecule has 6 nitrogen and oxygen atoms in total. The van der Waals surface area contributed by atoms with Gasteiger partial charge in [0.15, 0.2) is 0 Å². The number of hydrogen-bond acceptors (Lipinski definition) is 4. The molecule has 3 saturated heterocycles. The van der Waals surface area contributed by atoms with E-state index in [1.165, 1.54) is 12.1 Å². The first-order valence-electron chi connectivity index (χ1n) is 9.87. The highest BCUT2D eigenvalue weighted by Crippen LogP contribution is 2.54. The second-order valence-electron chi connectivity index (χ2n) is 8.09. The summed E-state index contributed by atoms with van der Waals surface area (Å²) in [6.07, 6.45) is 7.57. The zero-order valence-electron chi connectivity index (χ0n) is 15.7. The van der Waals surface area contributed by atoms with Gasteiger partial charge in [-0.3, -0.25) is 14.4 Å². The van der Waals surface area contributed by atoms with Gasteiger partial charge >= 0.3 is 0 Å². The van der Waals surface area contributed by atoms with E-state index in [0.29, 0.717) is 24.4 Å². The lowest BCUT2D eigenvalue weighted by molar-refractivity contribution is -0.121. The van der Waals surface area contributed by atoms with Crippen LogP contribution < -0.4 is 5.32 Å². The molecule has 1 spiro atoms. The summed E-state index contributed by atoms with van der Waals surface area (Å²) >= 11 is 0. The molecule has 0 radical (unpaired) electrons. The van der Waals surface area contributed by atoms with Gasteiger partial charge in [-0.1, -0.05) is 6.08 Å². The lowest BCUT2D eigenvalue weighted by Gasteiger charge is -2.29. The van der Waals surface area contributed by atoms with Crippen molar-refractivity contribution in [2.45, 2.75) is 50.9 Å². The van der Waals surface area contributed by atoms with Crippen LogP contribution >= 0.6 is 0 Å². The van der Waals surface area contributed by atoms with Crippen molar-refractivity contribution in [1.82, 2.24) is 20.0 Å². The molecular formula is C20H30N4O2. The first-order valence-corrected chi connectivity index (χ1v) is 9.87. The number of carbonyl (C=O) groups excluding carboxylic acids is 1. The molecule has 1 N–H and O–H groups in total. The van der Waals surface area contributed by atoms with Gasteiger partial charge < -0.3 is 10.1 Å². The maximum absolute atomic E-state index is 12.0. The van der Waals surface area contributed by atoms with Crippen molar-refractivity contribution in [3.05, 3.63) is 30.6 Å². The molecule has 1 aromatic heterocycles. The van der Waals surface area contributed by atoms with Crippen molar-refractivity contribution in [3.8, 4) is 0 Å². The molecule has 4 rings (SSSR count). The van der Waals surface area contributed by atoms with Gasteiger partial charge in [0.1, 0.15) is 0 Å². The van der Waals surface area contributed by atoms with Gasteiger partial charge in [-0.2, -0.15) is 5.10 Å². The maximum atomic E-state index is 12.0. The van der Waals surface area contributed by atoms with Crippen LogP contribution in [0.3, 0.4) is 0 Å². The second kappa shape index (κ2) is 7.16. The third kappa shape index (κ3) is 3.21. The fourth-order valence-electron chi connectivity index (χ4n) is 5.15. The second-order valence-corrected chi connectivity index (χ2v) is 8.09. The normalized spacial score (nSPS) is 32.7. The number of rotatable bonds is 8. The molecule has 0 saturated carbocycles. The number of aryl methyl sites for hydroxylation is 1. The Bertz CT molecular complexity index is 673. The molecule has 0 unspecified atom stereocenters. The van der Waals surface area contributed by atoms with Crippen molar-refractivity contribution >= 4 is 5.91 Å². The Hall–Kier alpha value is -1.66. The van der Waals surface area contributed by atoms with E-state index in [0.717, 1.165) is 45.6 Å². The fourth-order valence-corrected chi connectivity index (χ4v) is 5.15. The quantitative estimate of drug-likeness (QED) is 0.720. The molecule has 6 heteroatoms. The van der Waals surface area contributed by atoms with Crippen molar-refractivity contribution in [3.63, 3.8) is 0 Å². The smallest absolute Gasteiger partial charge is 0.220 e. The molecule has 2 bridgehead atoms. The Labute approximate surface area is 155 Å². The van der Waals surface area contributed by atoms with Crippen LogP contribution in [0.2, 0.25) is 0 Å². The van der Waals surface area contributed by atoms with Gasteiger partial charge in [-0.15, -0.1) is 6.58 Å². The highest BCUT2D eigenvalue weighted by Gasteiger charge is 2.62. The van der Waals surface area contributed by atoms with Crippen molar-refractivity contribution in [2.24, 2.45) is 11.8 Å². The topological polar surface area (TPSA) is 59.4 Å². The first kappa shape index (κ1) is 17.7. The Morgan fingerprint density at radius 2 is 2.42 bits per heavy atom. The maximum Gasteiger partial charge on any atom is 0.220 e. The number of aromatic nitrogens is 2. The number of nitrogens with one attached hydrogen (secondary N) is 1. The Kier molecular flexibility index (Phi) is 4.88. The average Bonchev–Trinajstić information content (AvgIpc) is 3.36. The standard InChI is InChI=1S/C20H30N4O2/c1-3-4-5-19(25)21-12-16-17-13-23(10-11-24-15(2)7-9-22-24)14-20(17)8-6-18(16)26-20/h3,7,9,16-18H,1,4-6,8,10-14H2,2H3,(H,21,25)/t16-,17+,18+,20+/m0/s1. The SMILES string of the molecule is C=CCCC(=O)NC[C@H]1[C@H]2CN(CCn3nccc3C)C[C@]23CC[C@H]1O3. The number of carbonyl (C=O) groups is 1. The number of nitrogens with zero attached hydrogens (tertiary/aromatic N) is 3. The zero-order valence-corrected chi connectivity index (χ0v) is 15.7. The summed E-state index contributed by atoms with van der Waals surface area (Å²) in [7, 11) is 0. The van der Waals surface area contributed by atoms with Gasteiger partial charge in [0.05, 0.1) is 18.2 Å². The minimum atomic E-state index is 0.0281. The largest absolute Gasteiger partial charge is 0.370 e. The predicted molar refractivity (Wildman–Crippen MR) is 99.7 cm³/mol. The minimum absolute atomic E-state index is 0.0281. The average molecular weight is 358 g/mol. The van der Waals surface area contributed by atoms with Crippen LogP contribution in [-0.4, -0.2) is 58.5 Å². The van der Waals surface area contributed by atoms with Crippen molar-refractivity contribution < 1.29 is 9.53 Å². The zero-order chi connectivity index (χ0) is 18.1. The number of hydrogen-bond donors (Lipinski definition) is 1. The molecule has 3 aliphatic heterocycles. The van der Waals surface area contributed by atoms with Crippen molar-refractivity contribution in [1.29, 1.82) is 0 Å². The predicted octanol–water partition coefficient (Wildman–Crippen LogP) is 1.75. The third-order valence-corrected chi connectivity index (χ3v) is 6.52. The van der Waals surface area contributed by atoms with E-state index in [2.05, 4.69) is 33.5 Å². The summed E-state index contributed by atoms with van der Waals surface area (Å²) in [5, 5.41) is 7.52. The first-order chi connectivity index (χ1) is 12.6. The molecule has 3 aliphatic rings. The summed E-state index contributed by atoms with van der Waals surface area (Å²) in [5.74, 6) is 1.12. The number of fused-ring (bicyclic) bond motifs is 1. The molecule has 4 atom stereocenters. The van der Waals surface area contributed by atoms with Crippen LogP contribution in [0.15, 0.2) is 24.9 Å². The molecule has 1 aromatic rings. The highest BCUT2D eigenvalue weighted by molar-refractivity contribution is 5.76. The molecule has 3 fully saturated rings.